The van der Waals surface area contributed by atoms with E-state index in [1.54, 1.807) is 44.2 Å². The largest absolute Gasteiger partial charge is 0.367 e. The highest BCUT2D eigenvalue weighted by molar-refractivity contribution is 6.00. The van der Waals surface area contributed by atoms with E-state index in [4.69, 9.17) is 0 Å². The molecular formula is C12H15NO3. The van der Waals surface area contributed by atoms with Gasteiger partial charge in [0.25, 0.3) is 0 Å². The Kier molecular flexibility index (Phi) is 4.19. The van der Waals surface area contributed by atoms with Gasteiger partial charge in [-0.25, -0.2) is 0 Å². The summed E-state index contributed by atoms with van der Waals surface area (Å²) in [5.74, 6) is -1.12. The molecule has 1 atom stereocenters. The number of ketones is 1. The van der Waals surface area contributed by atoms with E-state index in [2.05, 4.69) is 5.32 Å². The molecule has 16 heavy (non-hydrogen) atoms. The summed E-state index contributed by atoms with van der Waals surface area (Å²) in [7, 11) is 0. The van der Waals surface area contributed by atoms with Crippen molar-refractivity contribution < 1.29 is 14.7 Å². The molecule has 0 radical (unpaired) electrons. The predicted octanol–water partition coefficient (Wildman–Crippen LogP) is 0.960. The van der Waals surface area contributed by atoms with Crippen molar-refractivity contribution in [3.63, 3.8) is 0 Å². The maximum atomic E-state index is 11.6. The third-order valence-corrected chi connectivity index (χ3v) is 2.11. The van der Waals surface area contributed by atoms with Crippen LogP contribution in [0.25, 0.3) is 0 Å². The average Bonchev–Trinajstić information content (AvgIpc) is 2.28. The lowest BCUT2D eigenvalue weighted by molar-refractivity contribution is -0.126. The number of aliphatic hydroxyl groups excluding tert-OH is 1. The molecule has 0 unspecified atom stereocenters. The monoisotopic (exact) mass is 221 g/mol. The average molecular weight is 221 g/mol. The first kappa shape index (κ1) is 12.4. The van der Waals surface area contributed by atoms with E-state index in [1.807, 2.05) is 0 Å². The molecule has 86 valence electrons. The summed E-state index contributed by atoms with van der Waals surface area (Å²) in [6.45, 7) is 3.38. The van der Waals surface area contributed by atoms with Crippen molar-refractivity contribution in [1.82, 2.24) is 5.32 Å². The summed E-state index contributed by atoms with van der Waals surface area (Å²) in [5.41, 5.74) is 0.374. The Morgan fingerprint density at radius 1 is 1.19 bits per heavy atom. The van der Waals surface area contributed by atoms with Crippen molar-refractivity contribution in [2.24, 2.45) is 5.92 Å². The summed E-state index contributed by atoms with van der Waals surface area (Å²) in [4.78, 5) is 22.9. The topological polar surface area (TPSA) is 66.4 Å². The zero-order chi connectivity index (χ0) is 12.1. The number of hydrogen-bond acceptors (Lipinski definition) is 3. The maximum absolute atomic E-state index is 11.6. The predicted molar refractivity (Wildman–Crippen MR) is 59.8 cm³/mol. The minimum atomic E-state index is -1.47. The first-order valence-corrected chi connectivity index (χ1v) is 5.10. The Balaban J connectivity index is 2.65. The second kappa shape index (κ2) is 5.42. The first-order valence-electron chi connectivity index (χ1n) is 5.10. The number of carbonyl (C=O) groups is 2. The molecule has 1 rings (SSSR count). The Morgan fingerprint density at radius 3 is 2.25 bits per heavy atom. The molecule has 4 heteroatoms. The van der Waals surface area contributed by atoms with Crippen molar-refractivity contribution in [1.29, 1.82) is 0 Å². The summed E-state index contributed by atoms with van der Waals surface area (Å²) in [6, 6.07) is 8.35. The zero-order valence-electron chi connectivity index (χ0n) is 9.31. The molecular weight excluding hydrogens is 206 g/mol. The van der Waals surface area contributed by atoms with Gasteiger partial charge < -0.3 is 10.4 Å². The third kappa shape index (κ3) is 3.17. The Hall–Kier alpha value is -1.68. The van der Waals surface area contributed by atoms with Gasteiger partial charge in [-0.2, -0.15) is 0 Å². The summed E-state index contributed by atoms with van der Waals surface area (Å²) in [5, 5.41) is 11.8. The van der Waals surface area contributed by atoms with Crippen LogP contribution in [0.3, 0.4) is 0 Å². The van der Waals surface area contributed by atoms with Gasteiger partial charge in [-0.3, -0.25) is 9.59 Å². The second-order valence-corrected chi connectivity index (χ2v) is 3.80. The van der Waals surface area contributed by atoms with Crippen molar-refractivity contribution >= 4 is 11.7 Å². The number of aliphatic hydroxyl groups is 1. The summed E-state index contributed by atoms with van der Waals surface area (Å²) < 4.78 is 0. The van der Waals surface area contributed by atoms with E-state index in [1.165, 1.54) is 0 Å². The van der Waals surface area contributed by atoms with Crippen LogP contribution in [0, 0.1) is 5.92 Å². The maximum Gasteiger partial charge on any atom is 0.224 e. The van der Waals surface area contributed by atoms with Crippen molar-refractivity contribution in [2.45, 2.75) is 20.1 Å². The fraction of sp³-hybridized carbons (Fsp3) is 0.333. The molecule has 1 amide bonds. The van der Waals surface area contributed by atoms with Gasteiger partial charge in [0.1, 0.15) is 0 Å². The smallest absolute Gasteiger partial charge is 0.224 e. The minimum Gasteiger partial charge on any atom is -0.367 e. The van der Waals surface area contributed by atoms with Crippen molar-refractivity contribution in [3.05, 3.63) is 35.9 Å². The normalized spacial score (nSPS) is 12.2. The molecule has 4 nitrogen and oxygen atoms in total. The highest BCUT2D eigenvalue weighted by Crippen LogP contribution is 2.03. The fourth-order valence-corrected chi connectivity index (χ4v) is 1.13. The molecule has 0 aliphatic carbocycles. The number of nitrogens with one attached hydrogen (secondary N) is 1. The number of rotatable bonds is 4. The molecule has 0 aliphatic heterocycles. The lowest BCUT2D eigenvalue weighted by Crippen LogP contribution is -2.42. The van der Waals surface area contributed by atoms with E-state index in [0.29, 0.717) is 5.56 Å². The Labute approximate surface area is 94.3 Å². The van der Waals surface area contributed by atoms with Gasteiger partial charge in [0.15, 0.2) is 6.23 Å². The molecule has 0 spiro atoms. The standard InChI is InChI=1S/C12H15NO3/c1-8(2)11(15)13-12(16)10(14)9-6-4-3-5-7-9/h3-8,12,16H,1-2H3,(H,13,15)/t12-/m0/s1. The van der Waals surface area contributed by atoms with Crippen LogP contribution in [0.4, 0.5) is 0 Å². The molecule has 0 aliphatic rings. The Bertz CT molecular complexity index is 373. The van der Waals surface area contributed by atoms with E-state index in [9.17, 15) is 14.7 Å². The number of hydrogen-bond donors (Lipinski definition) is 2. The Morgan fingerprint density at radius 2 is 1.75 bits per heavy atom. The molecule has 2 N–H and O–H groups in total. The number of amides is 1. The van der Waals surface area contributed by atoms with Crippen LogP contribution in [0.15, 0.2) is 30.3 Å². The quantitative estimate of drug-likeness (QED) is 0.588. The van der Waals surface area contributed by atoms with Gasteiger partial charge in [-0.05, 0) is 0 Å². The van der Waals surface area contributed by atoms with Crippen LogP contribution in [-0.4, -0.2) is 23.0 Å². The van der Waals surface area contributed by atoms with Gasteiger partial charge >= 0.3 is 0 Å². The van der Waals surface area contributed by atoms with E-state index >= 15 is 0 Å². The van der Waals surface area contributed by atoms with Gasteiger partial charge in [-0.15, -0.1) is 0 Å². The van der Waals surface area contributed by atoms with Gasteiger partial charge in [0.05, 0.1) is 0 Å². The number of benzene rings is 1. The molecule has 0 fully saturated rings. The molecule has 0 saturated heterocycles. The van der Waals surface area contributed by atoms with Crippen LogP contribution < -0.4 is 5.32 Å². The molecule has 0 saturated carbocycles. The van der Waals surface area contributed by atoms with Gasteiger partial charge in [0, 0.05) is 11.5 Å². The van der Waals surface area contributed by atoms with E-state index < -0.39 is 12.0 Å². The lowest BCUT2D eigenvalue weighted by Gasteiger charge is -2.13. The van der Waals surface area contributed by atoms with E-state index in [-0.39, 0.29) is 11.8 Å². The zero-order valence-corrected chi connectivity index (χ0v) is 9.31. The molecule has 0 heterocycles. The first-order chi connectivity index (χ1) is 7.52. The molecule has 1 aromatic carbocycles. The third-order valence-electron chi connectivity index (χ3n) is 2.11. The van der Waals surface area contributed by atoms with Crippen LogP contribution >= 0.6 is 0 Å². The highest BCUT2D eigenvalue weighted by Gasteiger charge is 2.20. The van der Waals surface area contributed by atoms with Crippen LogP contribution in [0.5, 0.6) is 0 Å². The highest BCUT2D eigenvalue weighted by atomic mass is 16.3. The van der Waals surface area contributed by atoms with Crippen LogP contribution in [-0.2, 0) is 4.79 Å². The number of carbonyl (C=O) groups excluding carboxylic acids is 2. The van der Waals surface area contributed by atoms with E-state index in [0.717, 1.165) is 0 Å². The van der Waals surface area contributed by atoms with Crippen molar-refractivity contribution in [2.75, 3.05) is 0 Å². The molecule has 0 aromatic heterocycles. The van der Waals surface area contributed by atoms with Crippen molar-refractivity contribution in [3.8, 4) is 0 Å². The van der Waals surface area contributed by atoms with Gasteiger partial charge in [0.2, 0.25) is 11.7 Å². The summed E-state index contributed by atoms with van der Waals surface area (Å²) in [6.07, 6.45) is -1.47. The summed E-state index contributed by atoms with van der Waals surface area (Å²) >= 11 is 0. The lowest BCUT2D eigenvalue weighted by atomic mass is 10.1. The fourth-order valence-electron chi connectivity index (χ4n) is 1.13. The molecule has 1 aromatic rings. The van der Waals surface area contributed by atoms with Gasteiger partial charge in [-0.1, -0.05) is 44.2 Å². The van der Waals surface area contributed by atoms with Crippen LogP contribution in [0.1, 0.15) is 24.2 Å². The number of Topliss-reactive ketones (excluding diaryl/α,β-unsaturated/α-hetero) is 1. The SMILES string of the molecule is CC(C)C(=O)N[C@@H](O)C(=O)c1ccccc1. The minimum absolute atomic E-state index is 0.266. The molecule has 0 bridgehead atoms. The van der Waals surface area contributed by atoms with Crippen LogP contribution in [0.2, 0.25) is 0 Å². The second-order valence-electron chi connectivity index (χ2n) is 3.80.